The first-order chi connectivity index (χ1) is 13.2. The Morgan fingerprint density at radius 2 is 2.15 bits per heavy atom. The molecule has 2 aromatic heterocycles. The lowest BCUT2D eigenvalue weighted by atomic mass is 10.1. The summed E-state index contributed by atoms with van der Waals surface area (Å²) < 4.78 is 10.9. The fraction of sp³-hybridized carbons (Fsp3) is 0.350. The molecule has 0 atom stereocenters. The molecule has 0 saturated heterocycles. The lowest BCUT2D eigenvalue weighted by molar-refractivity contribution is -0.116. The molecule has 4 rings (SSSR count). The maximum Gasteiger partial charge on any atom is 0.261 e. The minimum Gasteiger partial charge on any atom is -0.376 e. The van der Waals surface area contributed by atoms with E-state index >= 15 is 0 Å². The molecule has 140 valence electrons. The second kappa shape index (κ2) is 8.02. The van der Waals surface area contributed by atoms with Gasteiger partial charge in [0.05, 0.1) is 18.8 Å². The molecule has 1 aliphatic heterocycles. The van der Waals surface area contributed by atoms with Crippen LogP contribution >= 0.6 is 11.3 Å². The van der Waals surface area contributed by atoms with Crippen LogP contribution in [0.15, 0.2) is 34.9 Å². The molecule has 0 bridgehead atoms. The Morgan fingerprint density at radius 3 is 2.93 bits per heavy atom. The van der Waals surface area contributed by atoms with Gasteiger partial charge in [0.15, 0.2) is 5.82 Å². The van der Waals surface area contributed by atoms with Gasteiger partial charge in [-0.3, -0.25) is 4.79 Å². The van der Waals surface area contributed by atoms with Gasteiger partial charge in [0.25, 0.3) is 5.89 Å². The van der Waals surface area contributed by atoms with Crippen LogP contribution in [0.25, 0.3) is 11.5 Å². The topological polar surface area (TPSA) is 77.2 Å². The van der Waals surface area contributed by atoms with Gasteiger partial charge in [-0.05, 0) is 37.3 Å². The van der Waals surface area contributed by atoms with Crippen LogP contribution < -0.4 is 5.32 Å². The number of fused-ring (bicyclic) bond motifs is 1. The normalized spacial score (nSPS) is 13.4. The van der Waals surface area contributed by atoms with E-state index in [9.17, 15) is 4.79 Å². The Bertz CT molecular complexity index is 933. The number of aryl methyl sites for hydroxylation is 2. The number of ether oxygens (including phenoxy) is 1. The summed E-state index contributed by atoms with van der Waals surface area (Å²) in [5, 5.41) is 7.73. The molecule has 1 aromatic carbocycles. The Labute approximate surface area is 161 Å². The van der Waals surface area contributed by atoms with E-state index in [0.29, 0.717) is 31.3 Å². The number of hydrogen-bond donors (Lipinski definition) is 1. The van der Waals surface area contributed by atoms with E-state index in [1.165, 1.54) is 16.9 Å². The minimum atomic E-state index is 0.00272. The predicted molar refractivity (Wildman–Crippen MR) is 104 cm³/mol. The number of hydrogen-bond acceptors (Lipinski definition) is 6. The molecule has 0 fully saturated rings. The number of benzene rings is 1. The average molecular weight is 383 g/mol. The molecule has 3 aromatic rings. The van der Waals surface area contributed by atoms with E-state index in [4.69, 9.17) is 9.26 Å². The Balaban J connectivity index is 1.48. The number of anilines is 1. The van der Waals surface area contributed by atoms with E-state index in [1.807, 2.05) is 18.2 Å². The van der Waals surface area contributed by atoms with E-state index in [-0.39, 0.29) is 5.91 Å². The fourth-order valence-corrected chi connectivity index (χ4v) is 4.43. The first-order valence-corrected chi connectivity index (χ1v) is 9.89. The summed E-state index contributed by atoms with van der Waals surface area (Å²) >= 11 is 1.54. The van der Waals surface area contributed by atoms with Crippen LogP contribution in [0.2, 0.25) is 0 Å². The van der Waals surface area contributed by atoms with Gasteiger partial charge in [-0.15, -0.1) is 11.3 Å². The van der Waals surface area contributed by atoms with Crippen molar-refractivity contribution in [1.29, 1.82) is 0 Å². The number of amides is 1. The van der Waals surface area contributed by atoms with Crippen molar-refractivity contribution in [3.8, 4) is 11.5 Å². The van der Waals surface area contributed by atoms with Crippen LogP contribution in [-0.2, 0) is 29.0 Å². The number of nitrogens with one attached hydrogen (secondary N) is 1. The monoisotopic (exact) mass is 383 g/mol. The molecule has 3 heterocycles. The van der Waals surface area contributed by atoms with E-state index in [2.05, 4.69) is 27.6 Å². The summed E-state index contributed by atoms with van der Waals surface area (Å²) in [7, 11) is 0. The molecule has 6 nitrogen and oxygen atoms in total. The zero-order chi connectivity index (χ0) is 18.6. The van der Waals surface area contributed by atoms with Crippen LogP contribution in [-0.4, -0.2) is 22.7 Å². The smallest absolute Gasteiger partial charge is 0.261 e. The van der Waals surface area contributed by atoms with Crippen molar-refractivity contribution in [3.05, 3.63) is 52.2 Å². The highest BCUT2D eigenvalue weighted by molar-refractivity contribution is 7.17. The molecule has 0 unspecified atom stereocenters. The summed E-state index contributed by atoms with van der Waals surface area (Å²) in [6, 6.07) is 10.2. The van der Waals surface area contributed by atoms with E-state index in [0.717, 1.165) is 40.3 Å². The number of rotatable bonds is 6. The predicted octanol–water partition coefficient (Wildman–Crippen LogP) is 4.14. The molecule has 0 aliphatic carbocycles. The molecule has 0 saturated carbocycles. The van der Waals surface area contributed by atoms with Crippen molar-refractivity contribution in [3.63, 3.8) is 0 Å². The molecule has 1 N–H and O–H groups in total. The summed E-state index contributed by atoms with van der Waals surface area (Å²) in [6.07, 6.45) is 2.94. The highest BCUT2D eigenvalue weighted by Gasteiger charge is 2.26. The number of carbonyl (C=O) groups excluding carboxylic acids is 1. The molecule has 1 amide bonds. The standard InChI is InChI=1S/C20H21N3O3S/c1-13-21-19(26-23-13)18-15-10-11-25-12-16(15)27-20(18)22-17(24)9-5-8-14-6-3-2-4-7-14/h2-4,6-7H,5,8-12H2,1H3,(H,22,24). The van der Waals surface area contributed by atoms with Crippen molar-refractivity contribution < 1.29 is 14.1 Å². The second-order valence-electron chi connectivity index (χ2n) is 6.54. The Hall–Kier alpha value is -2.51. The highest BCUT2D eigenvalue weighted by Crippen LogP contribution is 2.42. The molecule has 0 spiro atoms. The second-order valence-corrected chi connectivity index (χ2v) is 7.65. The quantitative estimate of drug-likeness (QED) is 0.692. The van der Waals surface area contributed by atoms with E-state index < -0.39 is 0 Å². The third-order valence-corrected chi connectivity index (χ3v) is 5.65. The van der Waals surface area contributed by atoms with Crippen molar-refractivity contribution >= 4 is 22.2 Å². The van der Waals surface area contributed by atoms with Crippen LogP contribution in [0, 0.1) is 6.92 Å². The Kier molecular flexibility index (Phi) is 5.31. The van der Waals surface area contributed by atoms with Crippen molar-refractivity contribution in [1.82, 2.24) is 10.1 Å². The van der Waals surface area contributed by atoms with Crippen molar-refractivity contribution in [2.24, 2.45) is 0 Å². The van der Waals surface area contributed by atoms with Crippen LogP contribution in [0.1, 0.15) is 34.7 Å². The molecule has 1 aliphatic rings. The summed E-state index contributed by atoms with van der Waals surface area (Å²) in [6.45, 7) is 3.01. The highest BCUT2D eigenvalue weighted by atomic mass is 32.1. The van der Waals surface area contributed by atoms with Gasteiger partial charge >= 0.3 is 0 Å². The minimum absolute atomic E-state index is 0.00272. The van der Waals surface area contributed by atoms with Crippen molar-refractivity contribution in [2.45, 2.75) is 39.2 Å². The van der Waals surface area contributed by atoms with Gasteiger partial charge in [0.2, 0.25) is 5.91 Å². The lowest BCUT2D eigenvalue weighted by Gasteiger charge is -2.12. The van der Waals surface area contributed by atoms with Gasteiger partial charge in [0.1, 0.15) is 5.00 Å². The summed E-state index contributed by atoms with van der Waals surface area (Å²) in [4.78, 5) is 18.0. The maximum atomic E-state index is 12.5. The van der Waals surface area contributed by atoms with Crippen LogP contribution in [0.4, 0.5) is 5.00 Å². The largest absolute Gasteiger partial charge is 0.376 e. The van der Waals surface area contributed by atoms with Crippen molar-refractivity contribution in [2.75, 3.05) is 11.9 Å². The number of aromatic nitrogens is 2. The van der Waals surface area contributed by atoms with Crippen LogP contribution in [0.5, 0.6) is 0 Å². The third kappa shape index (κ3) is 4.09. The maximum absolute atomic E-state index is 12.5. The zero-order valence-corrected chi connectivity index (χ0v) is 16.0. The SMILES string of the molecule is Cc1noc(-c2c(NC(=O)CCCc3ccccc3)sc3c2CCOC3)n1. The van der Waals surface area contributed by atoms with Gasteiger partial charge in [0, 0.05) is 11.3 Å². The first kappa shape index (κ1) is 17.9. The van der Waals surface area contributed by atoms with E-state index in [1.54, 1.807) is 6.92 Å². The molecule has 27 heavy (non-hydrogen) atoms. The third-order valence-electron chi connectivity index (χ3n) is 4.53. The average Bonchev–Trinajstić information content (AvgIpc) is 3.25. The fourth-order valence-electron chi connectivity index (χ4n) is 3.23. The molecular weight excluding hydrogens is 362 g/mol. The zero-order valence-electron chi connectivity index (χ0n) is 15.2. The van der Waals surface area contributed by atoms with Crippen LogP contribution in [0.3, 0.4) is 0 Å². The molecule has 7 heteroatoms. The number of thiophene rings is 1. The lowest BCUT2D eigenvalue weighted by Crippen LogP contribution is -2.11. The molecular formula is C20H21N3O3S. The molecule has 0 radical (unpaired) electrons. The first-order valence-electron chi connectivity index (χ1n) is 9.07. The van der Waals surface area contributed by atoms with Gasteiger partial charge < -0.3 is 14.6 Å². The van der Waals surface area contributed by atoms with Gasteiger partial charge in [-0.1, -0.05) is 35.5 Å². The Morgan fingerprint density at radius 1 is 1.30 bits per heavy atom. The summed E-state index contributed by atoms with van der Waals surface area (Å²) in [5.41, 5.74) is 3.25. The summed E-state index contributed by atoms with van der Waals surface area (Å²) in [5.74, 6) is 1.05. The van der Waals surface area contributed by atoms with Gasteiger partial charge in [-0.25, -0.2) is 0 Å². The number of nitrogens with zero attached hydrogens (tertiary/aromatic N) is 2. The number of carbonyl (C=O) groups is 1. The van der Waals surface area contributed by atoms with Gasteiger partial charge in [-0.2, -0.15) is 4.98 Å².